The number of Topliss-reactive ketones (excluding diaryl/α,β-unsaturated/α-hetero) is 1. The maximum atomic E-state index is 13.2. The van der Waals surface area contributed by atoms with Crippen molar-refractivity contribution in [3.8, 4) is 0 Å². The van der Waals surface area contributed by atoms with E-state index < -0.39 is 35.6 Å². The number of carbonyl (C=O) groups is 2. The zero-order valence-corrected chi connectivity index (χ0v) is 22.3. The Kier molecular flexibility index (Phi) is 9.14. The summed E-state index contributed by atoms with van der Waals surface area (Å²) in [6.45, 7) is 10.9. The lowest BCUT2D eigenvalue weighted by atomic mass is 9.73. The highest BCUT2D eigenvalue weighted by molar-refractivity contribution is 5.88. The third kappa shape index (κ3) is 6.43. The van der Waals surface area contributed by atoms with Gasteiger partial charge in [-0.15, -0.1) is 0 Å². The zero-order valence-electron chi connectivity index (χ0n) is 22.3. The number of cyclic esters (lactones) is 1. The Morgan fingerprint density at radius 2 is 1.92 bits per heavy atom. The number of epoxide rings is 1. The second-order valence-corrected chi connectivity index (χ2v) is 11.2. The number of oxazole rings is 1. The van der Waals surface area contributed by atoms with E-state index in [4.69, 9.17) is 19.6 Å². The number of hydrogen-bond acceptors (Lipinski definition) is 9. The van der Waals surface area contributed by atoms with Crippen LogP contribution in [-0.2, 0) is 25.6 Å². The Morgan fingerprint density at radius 3 is 2.56 bits per heavy atom. The van der Waals surface area contributed by atoms with E-state index in [1.165, 1.54) is 6.26 Å². The second-order valence-electron chi connectivity index (χ2n) is 11.2. The van der Waals surface area contributed by atoms with Crippen LogP contribution in [0.1, 0.15) is 78.8 Å². The van der Waals surface area contributed by atoms with Crippen molar-refractivity contribution in [3.63, 3.8) is 0 Å². The van der Waals surface area contributed by atoms with E-state index in [0.29, 0.717) is 11.6 Å². The predicted molar refractivity (Wildman–Crippen MR) is 133 cm³/mol. The Morgan fingerprint density at radius 1 is 1.22 bits per heavy atom. The third-order valence-electron chi connectivity index (χ3n) is 7.93. The summed E-state index contributed by atoms with van der Waals surface area (Å²) >= 11 is 0. The fourth-order valence-electron chi connectivity index (χ4n) is 5.25. The molecule has 202 valence electrons. The first kappa shape index (κ1) is 28.5. The monoisotopic (exact) mass is 506 g/mol. The molecule has 0 radical (unpaired) electrons. The minimum Gasteiger partial charge on any atom is -0.457 e. The van der Waals surface area contributed by atoms with Crippen LogP contribution in [0.15, 0.2) is 16.3 Å². The van der Waals surface area contributed by atoms with Gasteiger partial charge in [0.25, 0.3) is 0 Å². The lowest BCUT2D eigenvalue weighted by molar-refractivity contribution is -0.156. The van der Waals surface area contributed by atoms with Crippen LogP contribution in [0.25, 0.3) is 6.08 Å². The van der Waals surface area contributed by atoms with Gasteiger partial charge >= 0.3 is 5.97 Å². The molecule has 9 nitrogen and oxygen atoms in total. The third-order valence-corrected chi connectivity index (χ3v) is 7.93. The molecule has 0 spiro atoms. The summed E-state index contributed by atoms with van der Waals surface area (Å²) in [5.74, 6) is -1.37. The number of esters is 1. The van der Waals surface area contributed by atoms with Crippen molar-refractivity contribution in [3.05, 3.63) is 23.4 Å². The minimum atomic E-state index is -1.26. The van der Waals surface area contributed by atoms with Crippen LogP contribution in [0.2, 0.25) is 0 Å². The van der Waals surface area contributed by atoms with Gasteiger partial charge in [-0.1, -0.05) is 41.0 Å². The van der Waals surface area contributed by atoms with Crippen LogP contribution < -0.4 is 5.73 Å². The molecule has 9 heteroatoms. The summed E-state index contributed by atoms with van der Waals surface area (Å²) in [5, 5.41) is 21.7. The topological polar surface area (TPSA) is 148 Å². The number of aliphatic hydroxyl groups excluding tert-OH is 2. The van der Waals surface area contributed by atoms with E-state index in [9.17, 15) is 19.8 Å². The maximum Gasteiger partial charge on any atom is 0.309 e. The van der Waals surface area contributed by atoms with Gasteiger partial charge in [-0.05, 0) is 37.3 Å². The number of carbonyl (C=O) groups excluding carboxylic acids is 2. The van der Waals surface area contributed by atoms with Crippen molar-refractivity contribution >= 4 is 17.8 Å². The molecule has 1 aromatic heterocycles. The average molecular weight is 507 g/mol. The van der Waals surface area contributed by atoms with Gasteiger partial charge in [0.15, 0.2) is 0 Å². The average Bonchev–Trinajstić information content (AvgIpc) is 3.47. The van der Waals surface area contributed by atoms with Crippen LogP contribution in [-0.4, -0.2) is 57.5 Å². The Balaban J connectivity index is 1.87. The van der Waals surface area contributed by atoms with Crippen molar-refractivity contribution in [2.45, 2.75) is 104 Å². The number of fused-ring (bicyclic) bond motifs is 1. The Bertz CT molecular complexity index is 956. The van der Waals surface area contributed by atoms with Crippen LogP contribution in [0.4, 0.5) is 0 Å². The summed E-state index contributed by atoms with van der Waals surface area (Å²) in [6.07, 6.45) is 2.66. The van der Waals surface area contributed by atoms with E-state index in [0.717, 1.165) is 24.8 Å². The van der Waals surface area contributed by atoms with Crippen LogP contribution >= 0.6 is 0 Å². The van der Waals surface area contributed by atoms with Crippen molar-refractivity contribution in [2.75, 3.05) is 0 Å². The van der Waals surface area contributed by atoms with Gasteiger partial charge in [-0.3, -0.25) is 9.59 Å². The first-order valence-electron chi connectivity index (χ1n) is 12.9. The fraction of sp³-hybridized carbons (Fsp3) is 0.741. The van der Waals surface area contributed by atoms with Crippen LogP contribution in [0.3, 0.4) is 0 Å². The van der Waals surface area contributed by atoms with Crippen molar-refractivity contribution < 1.29 is 33.7 Å². The lowest BCUT2D eigenvalue weighted by Crippen LogP contribution is -2.46. The van der Waals surface area contributed by atoms with Gasteiger partial charge < -0.3 is 29.8 Å². The van der Waals surface area contributed by atoms with Gasteiger partial charge in [-0.2, -0.15) is 0 Å². The molecule has 0 unspecified atom stereocenters. The number of aliphatic hydroxyl groups is 2. The van der Waals surface area contributed by atoms with E-state index in [1.54, 1.807) is 26.8 Å². The molecule has 2 fully saturated rings. The number of hydrogen-bond donors (Lipinski definition) is 3. The van der Waals surface area contributed by atoms with Gasteiger partial charge in [0.2, 0.25) is 5.89 Å². The summed E-state index contributed by atoms with van der Waals surface area (Å²) in [5.41, 5.74) is 5.69. The molecular weight excluding hydrogens is 464 g/mol. The summed E-state index contributed by atoms with van der Waals surface area (Å²) < 4.78 is 17.2. The van der Waals surface area contributed by atoms with E-state index >= 15 is 0 Å². The summed E-state index contributed by atoms with van der Waals surface area (Å²) in [4.78, 5) is 30.5. The summed E-state index contributed by atoms with van der Waals surface area (Å²) in [7, 11) is 0. The Labute approximate surface area is 213 Å². The molecule has 2 saturated heterocycles. The number of nitrogens with zero attached hydrogens (tertiary/aromatic N) is 1. The molecule has 1 aromatic rings. The molecule has 0 saturated carbocycles. The molecule has 2 aliphatic heterocycles. The highest BCUT2D eigenvalue weighted by Crippen LogP contribution is 2.39. The quantitative estimate of drug-likeness (QED) is 0.415. The van der Waals surface area contributed by atoms with Gasteiger partial charge in [0.05, 0.1) is 42.8 Å². The highest BCUT2D eigenvalue weighted by atomic mass is 16.6. The van der Waals surface area contributed by atoms with E-state index in [-0.39, 0.29) is 42.8 Å². The fourth-order valence-corrected chi connectivity index (χ4v) is 5.25. The standard InChI is InChI=1S/C27H42N2O7/c1-14-8-7-9-19-25(35-19)17(4)24(15(2)10-18-13-34-21(12-28)29-18)36-22(31)11-20(30)27(5,6)26(33)16(3)23(14)32/h10,13-14,16-17,19-20,23-25,30,32H,7-9,11-12,28H2,1-6H3/b15-10+/t14-,16+,17+,19+,20-,23-,24+,25-/m0/s1. The minimum absolute atomic E-state index is 0.0470. The Hall–Kier alpha value is -2.07. The van der Waals surface area contributed by atoms with E-state index in [2.05, 4.69) is 4.98 Å². The zero-order chi connectivity index (χ0) is 26.8. The lowest BCUT2D eigenvalue weighted by Gasteiger charge is -2.34. The van der Waals surface area contributed by atoms with Crippen molar-refractivity contribution in [1.29, 1.82) is 0 Å². The number of aromatic nitrogens is 1. The molecule has 3 rings (SSSR count). The number of rotatable bonds is 3. The molecule has 0 aromatic carbocycles. The summed E-state index contributed by atoms with van der Waals surface area (Å²) in [6, 6.07) is 0. The van der Waals surface area contributed by atoms with Crippen molar-refractivity contribution in [1.82, 2.24) is 4.98 Å². The van der Waals surface area contributed by atoms with Crippen LogP contribution in [0, 0.1) is 23.2 Å². The molecule has 0 bridgehead atoms. The predicted octanol–water partition coefficient (Wildman–Crippen LogP) is 3.02. The number of nitrogens with two attached hydrogens (primary N) is 1. The molecule has 0 aliphatic carbocycles. The molecule has 3 heterocycles. The number of ether oxygens (including phenoxy) is 2. The van der Waals surface area contributed by atoms with E-state index in [1.807, 2.05) is 20.8 Å². The molecule has 8 atom stereocenters. The smallest absolute Gasteiger partial charge is 0.309 e. The first-order chi connectivity index (χ1) is 16.9. The second kappa shape index (κ2) is 11.5. The molecule has 36 heavy (non-hydrogen) atoms. The van der Waals surface area contributed by atoms with Crippen molar-refractivity contribution in [2.24, 2.45) is 28.9 Å². The first-order valence-corrected chi connectivity index (χ1v) is 12.9. The SMILES string of the molecule is C/C(=C\c1coc(CN)n1)[C@H]1OC(=O)C[C@H](O)C(C)(C)C(=O)[C@H](C)[C@@H](O)[C@@H](C)CCC[C@H]2O[C@H]2[C@@H]1C. The number of ketones is 1. The molecule has 0 amide bonds. The van der Waals surface area contributed by atoms with Gasteiger partial charge in [0, 0.05) is 11.8 Å². The van der Waals surface area contributed by atoms with Crippen LogP contribution in [0.5, 0.6) is 0 Å². The highest BCUT2D eigenvalue weighted by Gasteiger charge is 2.47. The normalized spacial score (nSPS) is 36.8. The molecule has 4 N–H and O–H groups in total. The molecule has 2 aliphatic rings. The van der Waals surface area contributed by atoms with Gasteiger partial charge in [-0.25, -0.2) is 4.98 Å². The maximum absolute atomic E-state index is 13.2. The van der Waals surface area contributed by atoms with Gasteiger partial charge in [0.1, 0.15) is 23.8 Å². The molecular formula is C27H42N2O7. The largest absolute Gasteiger partial charge is 0.457 e.